The molecule has 1 amide bonds. The maximum atomic E-state index is 11.5. The van der Waals surface area contributed by atoms with E-state index in [2.05, 4.69) is 25.8 Å². The summed E-state index contributed by atoms with van der Waals surface area (Å²) in [6.07, 6.45) is 3.45. The summed E-state index contributed by atoms with van der Waals surface area (Å²) in [5.41, 5.74) is 6.04. The third-order valence-electron chi connectivity index (χ3n) is 2.17. The van der Waals surface area contributed by atoms with Crippen molar-refractivity contribution in [2.75, 3.05) is 6.54 Å². The van der Waals surface area contributed by atoms with Gasteiger partial charge in [0.25, 0.3) is 0 Å². The van der Waals surface area contributed by atoms with Gasteiger partial charge in [-0.2, -0.15) is 4.98 Å². The summed E-state index contributed by atoms with van der Waals surface area (Å²) < 4.78 is 6.23. The summed E-state index contributed by atoms with van der Waals surface area (Å²) in [6.45, 7) is 0.842. The molecule has 0 saturated heterocycles. The maximum absolute atomic E-state index is 11.5. The molecule has 2 aromatic rings. The third-order valence-corrected chi connectivity index (χ3v) is 2.17. The molecule has 2 rings (SSSR count). The van der Waals surface area contributed by atoms with Crippen LogP contribution in [0, 0.1) is 0 Å². The molecule has 0 bridgehead atoms. The first kappa shape index (κ1) is 12.2. The van der Waals surface area contributed by atoms with Crippen LogP contribution in [0.2, 0.25) is 0 Å². The van der Waals surface area contributed by atoms with Gasteiger partial charge in [-0.1, -0.05) is 10.4 Å². The zero-order chi connectivity index (χ0) is 12.8. The summed E-state index contributed by atoms with van der Waals surface area (Å²) in [7, 11) is 0. The van der Waals surface area contributed by atoms with Gasteiger partial charge < -0.3 is 15.6 Å². The van der Waals surface area contributed by atoms with Gasteiger partial charge in [-0.25, -0.2) is 4.68 Å². The highest BCUT2D eigenvalue weighted by atomic mass is 16.5. The molecule has 18 heavy (non-hydrogen) atoms. The molecule has 9 heteroatoms. The molecule has 0 radical (unpaired) electrons. The van der Waals surface area contributed by atoms with E-state index in [4.69, 9.17) is 10.3 Å². The minimum atomic E-state index is -0.164. The highest BCUT2D eigenvalue weighted by Crippen LogP contribution is 1.92. The Balaban J connectivity index is 1.71. The second kappa shape index (κ2) is 5.87. The van der Waals surface area contributed by atoms with Gasteiger partial charge in [0.2, 0.25) is 11.8 Å². The average Bonchev–Trinajstić information content (AvgIpc) is 3.00. The lowest BCUT2D eigenvalue weighted by atomic mass is 10.4. The summed E-state index contributed by atoms with van der Waals surface area (Å²) in [5.74, 6) is 0.324. The lowest BCUT2D eigenvalue weighted by Crippen LogP contribution is -2.29. The van der Waals surface area contributed by atoms with E-state index in [1.165, 1.54) is 11.0 Å². The number of nitrogens with two attached hydrogens (primary N) is 1. The molecule has 0 atom stereocenters. The predicted molar refractivity (Wildman–Crippen MR) is 58.9 cm³/mol. The molecular formula is C9H13N7O2. The molecule has 0 aromatic carbocycles. The molecular weight excluding hydrogens is 238 g/mol. The molecule has 2 heterocycles. The Kier molecular flexibility index (Phi) is 3.97. The summed E-state index contributed by atoms with van der Waals surface area (Å²) in [4.78, 5) is 15.4. The van der Waals surface area contributed by atoms with Gasteiger partial charge in [-0.3, -0.25) is 4.79 Å². The molecule has 0 aliphatic carbocycles. The maximum Gasteiger partial charge on any atom is 0.241 e. The van der Waals surface area contributed by atoms with E-state index in [9.17, 15) is 4.79 Å². The van der Waals surface area contributed by atoms with Gasteiger partial charge in [-0.15, -0.1) is 5.10 Å². The van der Waals surface area contributed by atoms with Crippen LogP contribution in [0.5, 0.6) is 0 Å². The largest absolute Gasteiger partial charge is 0.354 e. The number of aromatic nitrogens is 5. The van der Waals surface area contributed by atoms with Crippen LogP contribution in [0.1, 0.15) is 11.6 Å². The van der Waals surface area contributed by atoms with Crippen LogP contribution in [-0.2, 0) is 24.3 Å². The number of amides is 1. The van der Waals surface area contributed by atoms with Gasteiger partial charge in [0.1, 0.15) is 6.54 Å². The van der Waals surface area contributed by atoms with E-state index in [-0.39, 0.29) is 12.5 Å². The van der Waals surface area contributed by atoms with Crippen molar-refractivity contribution in [1.82, 2.24) is 30.5 Å². The van der Waals surface area contributed by atoms with Gasteiger partial charge in [0.15, 0.2) is 6.33 Å². The van der Waals surface area contributed by atoms with E-state index in [1.54, 1.807) is 6.20 Å². The Labute approximate surface area is 102 Å². The van der Waals surface area contributed by atoms with Crippen LogP contribution in [0.15, 0.2) is 17.0 Å². The fraction of sp³-hybridized carbons (Fsp3) is 0.444. The van der Waals surface area contributed by atoms with Gasteiger partial charge >= 0.3 is 0 Å². The number of nitrogens with one attached hydrogen (secondary N) is 1. The average molecular weight is 251 g/mol. The van der Waals surface area contributed by atoms with E-state index >= 15 is 0 Å². The van der Waals surface area contributed by atoms with Gasteiger partial charge in [0, 0.05) is 19.5 Å². The van der Waals surface area contributed by atoms with Crippen molar-refractivity contribution in [2.24, 2.45) is 5.73 Å². The van der Waals surface area contributed by atoms with Crippen LogP contribution in [0.3, 0.4) is 0 Å². The fourth-order valence-electron chi connectivity index (χ4n) is 1.33. The monoisotopic (exact) mass is 251 g/mol. The minimum Gasteiger partial charge on any atom is -0.354 e. The SMILES string of the molecule is NCc1cn(CC(=O)NCCc2ncno2)nn1. The highest BCUT2D eigenvalue weighted by Gasteiger charge is 2.06. The Bertz CT molecular complexity index is 493. The molecule has 2 aromatic heterocycles. The summed E-state index contributed by atoms with van der Waals surface area (Å²) >= 11 is 0. The fourth-order valence-corrected chi connectivity index (χ4v) is 1.33. The van der Waals surface area contributed by atoms with E-state index in [0.717, 1.165) is 0 Å². The van der Waals surface area contributed by atoms with Crippen LogP contribution < -0.4 is 11.1 Å². The standard InChI is InChI=1S/C9H13N7O2/c10-3-7-4-16(15-14-7)5-8(17)11-2-1-9-12-6-13-18-9/h4,6H,1-3,5,10H2,(H,11,17). The van der Waals surface area contributed by atoms with Crippen molar-refractivity contribution in [1.29, 1.82) is 0 Å². The Morgan fingerprint density at radius 3 is 3.11 bits per heavy atom. The first-order chi connectivity index (χ1) is 8.78. The number of hydrogen-bond donors (Lipinski definition) is 2. The summed E-state index contributed by atoms with van der Waals surface area (Å²) in [5, 5.41) is 13.7. The van der Waals surface area contributed by atoms with Crippen molar-refractivity contribution in [3.8, 4) is 0 Å². The molecule has 0 fully saturated rings. The molecule has 0 aliphatic heterocycles. The van der Waals surface area contributed by atoms with Crippen LogP contribution >= 0.6 is 0 Å². The molecule has 0 spiro atoms. The number of nitrogens with zero attached hydrogens (tertiary/aromatic N) is 5. The molecule has 3 N–H and O–H groups in total. The third kappa shape index (κ3) is 3.35. The second-order valence-electron chi connectivity index (χ2n) is 3.55. The lowest BCUT2D eigenvalue weighted by molar-refractivity contribution is -0.121. The zero-order valence-corrected chi connectivity index (χ0v) is 9.61. The number of hydrogen-bond acceptors (Lipinski definition) is 7. The summed E-state index contributed by atoms with van der Waals surface area (Å²) in [6, 6.07) is 0. The molecule has 9 nitrogen and oxygen atoms in total. The van der Waals surface area contributed by atoms with E-state index in [0.29, 0.717) is 31.1 Å². The second-order valence-corrected chi connectivity index (χ2v) is 3.55. The van der Waals surface area contributed by atoms with E-state index in [1.807, 2.05) is 0 Å². The quantitative estimate of drug-likeness (QED) is 0.638. The van der Waals surface area contributed by atoms with E-state index < -0.39 is 0 Å². The first-order valence-electron chi connectivity index (χ1n) is 5.39. The number of carbonyl (C=O) groups is 1. The van der Waals surface area contributed by atoms with Crippen molar-refractivity contribution < 1.29 is 9.32 Å². The van der Waals surface area contributed by atoms with Crippen LogP contribution in [0.4, 0.5) is 0 Å². The Morgan fingerprint density at radius 2 is 2.44 bits per heavy atom. The van der Waals surface area contributed by atoms with Gasteiger partial charge in [0.05, 0.1) is 11.9 Å². The Morgan fingerprint density at radius 1 is 1.56 bits per heavy atom. The molecule has 96 valence electrons. The first-order valence-corrected chi connectivity index (χ1v) is 5.39. The van der Waals surface area contributed by atoms with Gasteiger partial charge in [-0.05, 0) is 0 Å². The topological polar surface area (TPSA) is 125 Å². The van der Waals surface area contributed by atoms with Crippen molar-refractivity contribution >= 4 is 5.91 Å². The molecule has 0 aliphatic rings. The molecule has 0 saturated carbocycles. The predicted octanol–water partition coefficient (Wildman–Crippen LogP) is -1.52. The highest BCUT2D eigenvalue weighted by molar-refractivity contribution is 5.75. The Hall–Kier alpha value is -2.29. The zero-order valence-electron chi connectivity index (χ0n) is 9.61. The number of rotatable bonds is 6. The smallest absolute Gasteiger partial charge is 0.241 e. The normalized spacial score (nSPS) is 10.5. The van der Waals surface area contributed by atoms with Crippen molar-refractivity contribution in [3.05, 3.63) is 24.1 Å². The van der Waals surface area contributed by atoms with Crippen LogP contribution in [-0.4, -0.2) is 37.6 Å². The number of carbonyl (C=O) groups excluding carboxylic acids is 1. The van der Waals surface area contributed by atoms with Crippen molar-refractivity contribution in [2.45, 2.75) is 19.5 Å². The van der Waals surface area contributed by atoms with Crippen LogP contribution in [0.25, 0.3) is 0 Å². The minimum absolute atomic E-state index is 0.108. The van der Waals surface area contributed by atoms with Crippen molar-refractivity contribution in [3.63, 3.8) is 0 Å². The lowest BCUT2D eigenvalue weighted by Gasteiger charge is -2.02. The molecule has 0 unspecified atom stereocenters.